The van der Waals surface area contributed by atoms with Gasteiger partial charge in [0.2, 0.25) is 0 Å². The molecule has 0 amide bonds. The molecule has 2 atom stereocenters. The van der Waals surface area contributed by atoms with Crippen LogP contribution in [0.2, 0.25) is 0 Å². The standard InChI is InChI=1S/C86H129NO8/c1-6-8-10-12-14-16-18-20-22-24-26-28-30-32-34-36-38-39-40-41-42-43-44-45-47-49-51-53-55-57-59-61-63-65-67-69-71-73-75-77-84(89)95-82(81-94-86(85(90)91)92-79-78-87(3,4)5)80-93-83(88)76-74-72-70-68-66-64-62-60-58-56-54-52-50-48-46-37-35-33-31-29-27-25-23-21-19-17-15-13-11-9-7-2/h8-11,14-17,20-23,26-29,32-35,38-39,41-42,44-46,48-49,51-52,54-55,57-58,60-61,63-64,66,82,86H,6-7,12-13,18-19,24-25,30-31,36-37,40,43,47,50,53,56,59,62,65,67-81H2,1-5H3/p+1/b10-8-,11-9-,16-14-,17-15-,22-20-,23-21-,28-26-,29-27-,34-32-,35-33-,39-38-,42-41-,45-44-,48-46-,51-49-,54-52-,57-55-,60-58-,63-61-,66-64-. The molecule has 526 valence electrons. The smallest absolute Gasteiger partial charge is 0.361 e. The molecule has 0 rings (SSSR count). The normalized spacial score (nSPS) is 14.2. The molecule has 0 fully saturated rings. The highest BCUT2D eigenvalue weighted by Crippen LogP contribution is 2.13. The number of likely N-dealkylation sites (N-methyl/N-ethyl adjacent to an activating group) is 1. The fraction of sp³-hybridized carbons (Fsp3) is 0.500. The van der Waals surface area contributed by atoms with E-state index in [4.69, 9.17) is 18.9 Å². The molecule has 0 bridgehead atoms. The Labute approximate surface area is 580 Å². The second-order valence-electron chi connectivity index (χ2n) is 24.1. The zero-order valence-electron chi connectivity index (χ0n) is 60.0. The zero-order valence-corrected chi connectivity index (χ0v) is 60.0. The van der Waals surface area contributed by atoms with Crippen molar-refractivity contribution >= 4 is 17.9 Å². The lowest BCUT2D eigenvalue weighted by Crippen LogP contribution is -2.40. The SMILES string of the molecule is CC/C=C\C/C=C\C/C=C\C/C=C\C/C=C\C/C=C\C/C=C\C/C=C\C/C=C\C/C=C\C/C=C\CCCCCCCC(=O)OC(COC(=O)CCCCC/C=C\C/C=C\C/C=C\C/C=C\C/C=C\C/C=C\C/C=C\C/C=C\C/C=C\CC)COC(OCC[N+](C)(C)C)C(=O)O. The molecule has 0 aromatic rings. The minimum Gasteiger partial charge on any atom is -0.477 e. The third kappa shape index (κ3) is 74.4. The number of ether oxygens (including phenoxy) is 4. The number of rotatable bonds is 63. The minimum absolute atomic E-state index is 0.163. The number of carbonyl (C=O) groups excluding carboxylic acids is 2. The Morgan fingerprint density at radius 1 is 0.316 bits per heavy atom. The predicted molar refractivity (Wildman–Crippen MR) is 409 cm³/mol. The first-order chi connectivity index (χ1) is 46.6. The molecular weight excluding hydrogens is 1170 g/mol. The number of nitrogens with zero attached hydrogens (tertiary/aromatic N) is 1. The third-order valence-corrected chi connectivity index (χ3v) is 14.1. The van der Waals surface area contributed by atoms with Crippen LogP contribution < -0.4 is 0 Å². The van der Waals surface area contributed by atoms with Gasteiger partial charge >= 0.3 is 17.9 Å². The predicted octanol–water partition coefficient (Wildman–Crippen LogP) is 23.2. The fourth-order valence-electron chi connectivity index (χ4n) is 8.66. The molecule has 1 N–H and O–H groups in total. The molecule has 0 aromatic heterocycles. The monoisotopic (exact) mass is 1300 g/mol. The van der Waals surface area contributed by atoms with Gasteiger partial charge in [-0.25, -0.2) is 4.79 Å². The molecule has 9 heteroatoms. The van der Waals surface area contributed by atoms with Gasteiger partial charge in [-0.05, 0) is 167 Å². The van der Waals surface area contributed by atoms with Gasteiger partial charge in [-0.2, -0.15) is 0 Å². The largest absolute Gasteiger partial charge is 0.477 e. The maximum atomic E-state index is 13.0. The topological polar surface area (TPSA) is 108 Å². The number of carbonyl (C=O) groups is 3. The lowest BCUT2D eigenvalue weighted by Gasteiger charge is -2.25. The van der Waals surface area contributed by atoms with E-state index in [0.29, 0.717) is 23.9 Å². The van der Waals surface area contributed by atoms with E-state index < -0.39 is 30.3 Å². The van der Waals surface area contributed by atoms with E-state index in [-0.39, 0.29) is 32.7 Å². The highest BCUT2D eigenvalue weighted by atomic mass is 16.7. The number of hydrogen-bond donors (Lipinski definition) is 1. The molecule has 95 heavy (non-hydrogen) atoms. The Morgan fingerprint density at radius 3 is 0.853 bits per heavy atom. The maximum absolute atomic E-state index is 13.0. The number of quaternary nitrogens is 1. The van der Waals surface area contributed by atoms with Crippen LogP contribution in [0.15, 0.2) is 243 Å². The van der Waals surface area contributed by atoms with Crippen LogP contribution in [-0.2, 0) is 33.3 Å². The van der Waals surface area contributed by atoms with Crippen LogP contribution >= 0.6 is 0 Å². The Kier molecular flexibility index (Phi) is 67.6. The van der Waals surface area contributed by atoms with Crippen LogP contribution in [0.1, 0.15) is 219 Å². The summed E-state index contributed by atoms with van der Waals surface area (Å²) in [6.07, 6.45) is 116. The first kappa shape index (κ1) is 88.1. The molecule has 0 saturated carbocycles. The Morgan fingerprint density at radius 2 is 0.568 bits per heavy atom. The summed E-state index contributed by atoms with van der Waals surface area (Å²) < 4.78 is 22.9. The van der Waals surface area contributed by atoms with Gasteiger partial charge in [0, 0.05) is 12.8 Å². The van der Waals surface area contributed by atoms with Crippen molar-refractivity contribution < 1.29 is 42.9 Å². The summed E-state index contributed by atoms with van der Waals surface area (Å²) in [5, 5.41) is 9.75. The van der Waals surface area contributed by atoms with Gasteiger partial charge in [0.05, 0.1) is 34.4 Å². The molecule has 0 aliphatic rings. The number of carboxylic acids is 1. The van der Waals surface area contributed by atoms with E-state index in [1.54, 1.807) is 0 Å². The van der Waals surface area contributed by atoms with Crippen LogP contribution in [-0.4, -0.2) is 87.4 Å². The zero-order chi connectivity index (χ0) is 69.0. The lowest BCUT2D eigenvalue weighted by atomic mass is 10.1. The summed E-state index contributed by atoms with van der Waals surface area (Å²) in [6.45, 7) is 4.54. The van der Waals surface area contributed by atoms with Gasteiger partial charge in [0.1, 0.15) is 13.2 Å². The van der Waals surface area contributed by atoms with Crippen LogP contribution in [0.4, 0.5) is 0 Å². The van der Waals surface area contributed by atoms with E-state index in [0.717, 1.165) is 180 Å². The minimum atomic E-state index is -1.54. The first-order valence-electron chi connectivity index (χ1n) is 36.2. The Balaban J connectivity index is 4.33. The number of unbranched alkanes of at least 4 members (excludes halogenated alkanes) is 8. The van der Waals surface area contributed by atoms with Crippen LogP contribution in [0.25, 0.3) is 0 Å². The van der Waals surface area contributed by atoms with Crippen molar-refractivity contribution in [2.75, 3.05) is 47.5 Å². The fourth-order valence-corrected chi connectivity index (χ4v) is 8.66. The van der Waals surface area contributed by atoms with Crippen molar-refractivity contribution in [1.29, 1.82) is 0 Å². The molecular formula is C86H130NO8+. The summed E-state index contributed by atoms with van der Waals surface area (Å²) in [4.78, 5) is 37.6. The summed E-state index contributed by atoms with van der Waals surface area (Å²) in [5.74, 6) is -2.11. The number of allylic oxidation sites excluding steroid dienone is 40. The van der Waals surface area contributed by atoms with Crippen molar-refractivity contribution in [3.05, 3.63) is 243 Å². The second-order valence-corrected chi connectivity index (χ2v) is 24.1. The molecule has 0 radical (unpaired) electrons. The third-order valence-electron chi connectivity index (χ3n) is 14.1. The van der Waals surface area contributed by atoms with Crippen molar-refractivity contribution in [2.45, 2.75) is 232 Å². The summed E-state index contributed by atoms with van der Waals surface area (Å²) in [5.41, 5.74) is 0. The van der Waals surface area contributed by atoms with Crippen molar-refractivity contribution in [2.24, 2.45) is 0 Å². The molecule has 0 aromatic carbocycles. The summed E-state index contributed by atoms with van der Waals surface area (Å²) in [7, 11) is 5.94. The summed E-state index contributed by atoms with van der Waals surface area (Å²) in [6, 6.07) is 0. The molecule has 0 aliphatic heterocycles. The van der Waals surface area contributed by atoms with Crippen LogP contribution in [0.5, 0.6) is 0 Å². The Bertz CT molecular complexity index is 2470. The molecule has 0 aliphatic carbocycles. The van der Waals surface area contributed by atoms with Crippen molar-refractivity contribution in [3.8, 4) is 0 Å². The van der Waals surface area contributed by atoms with Gasteiger partial charge in [-0.3, -0.25) is 9.59 Å². The second kappa shape index (κ2) is 72.9. The van der Waals surface area contributed by atoms with Crippen molar-refractivity contribution in [1.82, 2.24) is 0 Å². The van der Waals surface area contributed by atoms with Gasteiger partial charge in [0.15, 0.2) is 6.10 Å². The van der Waals surface area contributed by atoms with Gasteiger partial charge in [0.25, 0.3) is 6.29 Å². The summed E-state index contributed by atoms with van der Waals surface area (Å²) >= 11 is 0. The average molecular weight is 1310 g/mol. The highest BCUT2D eigenvalue weighted by molar-refractivity contribution is 5.71. The van der Waals surface area contributed by atoms with E-state index in [2.05, 4.69) is 257 Å². The Hall–Kier alpha value is -6.91. The van der Waals surface area contributed by atoms with E-state index >= 15 is 0 Å². The lowest BCUT2D eigenvalue weighted by molar-refractivity contribution is -0.870. The quantitative estimate of drug-likeness (QED) is 0.0211. The maximum Gasteiger partial charge on any atom is 0.361 e. The average Bonchev–Trinajstić information content (AvgIpc) is 2.92. The van der Waals surface area contributed by atoms with E-state index in [9.17, 15) is 19.5 Å². The molecule has 2 unspecified atom stereocenters. The number of aliphatic carboxylic acids is 1. The van der Waals surface area contributed by atoms with Gasteiger partial charge in [-0.15, -0.1) is 0 Å². The van der Waals surface area contributed by atoms with Crippen LogP contribution in [0, 0.1) is 0 Å². The van der Waals surface area contributed by atoms with Crippen molar-refractivity contribution in [3.63, 3.8) is 0 Å². The molecule has 9 nitrogen and oxygen atoms in total. The van der Waals surface area contributed by atoms with E-state index in [1.807, 2.05) is 21.1 Å². The molecule has 0 heterocycles. The first-order valence-corrected chi connectivity index (χ1v) is 36.2. The van der Waals surface area contributed by atoms with Crippen LogP contribution in [0.3, 0.4) is 0 Å². The number of hydrogen-bond acceptors (Lipinski definition) is 7. The molecule has 0 saturated heterocycles. The number of esters is 2. The van der Waals surface area contributed by atoms with Gasteiger partial charge in [-0.1, -0.05) is 283 Å². The molecule has 0 spiro atoms. The highest BCUT2D eigenvalue weighted by Gasteiger charge is 2.25. The number of carboxylic acid groups (broad SMARTS) is 1. The van der Waals surface area contributed by atoms with Gasteiger partial charge < -0.3 is 28.5 Å². The van der Waals surface area contributed by atoms with E-state index in [1.165, 1.54) is 0 Å².